The van der Waals surface area contributed by atoms with Crippen LogP contribution in [-0.2, 0) is 0 Å². The summed E-state index contributed by atoms with van der Waals surface area (Å²) >= 11 is 0. The van der Waals surface area contributed by atoms with E-state index in [1.54, 1.807) is 0 Å². The van der Waals surface area contributed by atoms with E-state index in [9.17, 15) is 5.11 Å². The van der Waals surface area contributed by atoms with Crippen LogP contribution >= 0.6 is 0 Å². The fourth-order valence-corrected chi connectivity index (χ4v) is 2.84. The van der Waals surface area contributed by atoms with Gasteiger partial charge < -0.3 is 10.2 Å². The van der Waals surface area contributed by atoms with Crippen molar-refractivity contribution in [1.29, 1.82) is 0 Å². The molecule has 0 aromatic rings. The molecule has 2 aliphatic rings. The molecule has 3 atom stereocenters. The first-order chi connectivity index (χ1) is 6.79. The second kappa shape index (κ2) is 4.60. The predicted molar refractivity (Wildman–Crippen MR) is 55.0 cm³/mol. The quantitative estimate of drug-likeness (QED) is 0.684. The first-order valence-electron chi connectivity index (χ1n) is 5.82. The van der Waals surface area contributed by atoms with Gasteiger partial charge in [-0.25, -0.2) is 0 Å². The highest BCUT2D eigenvalue weighted by Gasteiger charge is 2.30. The van der Waals surface area contributed by atoms with E-state index < -0.39 is 0 Å². The van der Waals surface area contributed by atoms with Crippen molar-refractivity contribution in [2.45, 2.75) is 44.2 Å². The maximum absolute atomic E-state index is 9.48. The summed E-state index contributed by atoms with van der Waals surface area (Å²) in [4.78, 5) is 2.47. The van der Waals surface area contributed by atoms with Gasteiger partial charge in [-0.3, -0.25) is 4.90 Å². The molecule has 1 aliphatic heterocycles. The highest BCUT2D eigenvalue weighted by Crippen LogP contribution is 2.27. The molecule has 1 aliphatic carbocycles. The Morgan fingerprint density at radius 3 is 2.71 bits per heavy atom. The Balaban J connectivity index is 1.84. The average molecular weight is 199 g/mol. The van der Waals surface area contributed by atoms with E-state index >= 15 is 0 Å². The number of piperidine rings is 1. The summed E-state index contributed by atoms with van der Waals surface area (Å²) in [6.45, 7) is 2.52. The zero-order chi connectivity index (χ0) is 9.97. The number of hydrogen-bond acceptors (Lipinski definition) is 3. The lowest BCUT2D eigenvalue weighted by atomic mass is 9.97. The van der Waals surface area contributed by atoms with E-state index in [0.717, 1.165) is 32.4 Å². The maximum Gasteiger partial charge on any atom is 0.0555 e. The van der Waals surface area contributed by atoms with E-state index in [1.807, 2.05) is 0 Å². The monoisotopic (exact) mass is 199 g/mol. The van der Waals surface area contributed by atoms with Gasteiger partial charge in [0.05, 0.1) is 6.10 Å². The number of nitrogens with zero attached hydrogens (tertiary/aromatic N) is 1. The van der Waals surface area contributed by atoms with Crippen LogP contribution in [0.25, 0.3) is 0 Å². The first kappa shape index (κ1) is 10.4. The molecule has 1 saturated heterocycles. The summed E-state index contributed by atoms with van der Waals surface area (Å²) in [5.41, 5.74) is 0. The third-order valence-corrected chi connectivity index (χ3v) is 3.70. The second-order valence-electron chi connectivity index (χ2n) is 4.81. The number of likely N-dealkylation sites (tertiary alicyclic amines) is 1. The van der Waals surface area contributed by atoms with Crippen LogP contribution in [0.2, 0.25) is 0 Å². The SMILES string of the molecule is OCC1CCCN(C2CCC(O)C2)C1. The highest BCUT2D eigenvalue weighted by atomic mass is 16.3. The molecule has 82 valence electrons. The molecule has 0 spiro atoms. The second-order valence-corrected chi connectivity index (χ2v) is 4.81. The van der Waals surface area contributed by atoms with Gasteiger partial charge in [0.1, 0.15) is 0 Å². The van der Waals surface area contributed by atoms with Crippen molar-refractivity contribution < 1.29 is 10.2 Å². The minimum atomic E-state index is -0.0745. The molecule has 1 saturated carbocycles. The van der Waals surface area contributed by atoms with Crippen LogP contribution in [0.1, 0.15) is 32.1 Å². The third-order valence-electron chi connectivity index (χ3n) is 3.70. The lowest BCUT2D eigenvalue weighted by Gasteiger charge is -2.36. The standard InChI is InChI=1S/C11H21NO2/c13-8-9-2-1-5-12(7-9)10-3-4-11(14)6-10/h9-11,13-14H,1-8H2. The molecule has 1 heterocycles. The highest BCUT2D eigenvalue weighted by molar-refractivity contribution is 4.85. The predicted octanol–water partition coefficient (Wildman–Crippen LogP) is 0.604. The van der Waals surface area contributed by atoms with E-state index in [2.05, 4.69) is 4.90 Å². The van der Waals surface area contributed by atoms with Crippen LogP contribution in [0.3, 0.4) is 0 Å². The molecule has 2 N–H and O–H groups in total. The van der Waals surface area contributed by atoms with Crippen molar-refractivity contribution in [3.63, 3.8) is 0 Å². The maximum atomic E-state index is 9.48. The Morgan fingerprint density at radius 1 is 1.21 bits per heavy atom. The van der Waals surface area contributed by atoms with Crippen LogP contribution in [0.5, 0.6) is 0 Å². The van der Waals surface area contributed by atoms with Crippen LogP contribution in [0, 0.1) is 5.92 Å². The summed E-state index contributed by atoms with van der Waals surface area (Å²) in [6, 6.07) is 0.583. The van der Waals surface area contributed by atoms with Crippen LogP contribution < -0.4 is 0 Å². The average Bonchev–Trinajstić information content (AvgIpc) is 2.65. The fraction of sp³-hybridized carbons (Fsp3) is 1.00. The fourth-order valence-electron chi connectivity index (χ4n) is 2.84. The van der Waals surface area contributed by atoms with E-state index in [4.69, 9.17) is 5.11 Å². The molecule has 0 aromatic heterocycles. The van der Waals surface area contributed by atoms with Crippen LogP contribution in [0.4, 0.5) is 0 Å². The Labute approximate surface area is 85.7 Å². The topological polar surface area (TPSA) is 43.7 Å². The molecule has 3 nitrogen and oxygen atoms in total. The smallest absolute Gasteiger partial charge is 0.0555 e. The molecule has 0 aromatic carbocycles. The molecule has 0 radical (unpaired) electrons. The number of rotatable bonds is 2. The number of hydrogen-bond donors (Lipinski definition) is 2. The summed E-state index contributed by atoms with van der Waals surface area (Å²) in [7, 11) is 0. The van der Waals surface area contributed by atoms with Gasteiger partial charge in [-0.2, -0.15) is 0 Å². The summed E-state index contributed by atoms with van der Waals surface area (Å²) in [6.07, 6.45) is 5.34. The van der Waals surface area contributed by atoms with Gasteiger partial charge >= 0.3 is 0 Å². The summed E-state index contributed by atoms with van der Waals surface area (Å²) < 4.78 is 0. The molecule has 2 fully saturated rings. The lowest BCUT2D eigenvalue weighted by molar-refractivity contribution is 0.0820. The molecule has 14 heavy (non-hydrogen) atoms. The van der Waals surface area contributed by atoms with E-state index in [1.165, 1.54) is 12.8 Å². The van der Waals surface area contributed by atoms with Crippen LogP contribution in [0.15, 0.2) is 0 Å². The van der Waals surface area contributed by atoms with Crippen molar-refractivity contribution >= 4 is 0 Å². The van der Waals surface area contributed by atoms with Crippen LogP contribution in [-0.4, -0.2) is 47.0 Å². The molecule has 3 heteroatoms. The van der Waals surface area contributed by atoms with E-state index in [-0.39, 0.29) is 6.10 Å². The Hall–Kier alpha value is -0.120. The van der Waals surface area contributed by atoms with Gasteiger partial charge in [-0.1, -0.05) is 0 Å². The molecule has 0 amide bonds. The van der Waals surface area contributed by atoms with Crippen molar-refractivity contribution in [3.05, 3.63) is 0 Å². The summed E-state index contributed by atoms with van der Waals surface area (Å²) in [5.74, 6) is 0.474. The van der Waals surface area contributed by atoms with E-state index in [0.29, 0.717) is 18.6 Å². The summed E-state index contributed by atoms with van der Waals surface area (Å²) in [5, 5.41) is 18.6. The number of aliphatic hydroxyl groups is 2. The normalized spacial score (nSPS) is 40.3. The van der Waals surface area contributed by atoms with Crippen molar-refractivity contribution in [3.8, 4) is 0 Å². The minimum Gasteiger partial charge on any atom is -0.396 e. The third kappa shape index (κ3) is 2.27. The molecular weight excluding hydrogens is 178 g/mol. The van der Waals surface area contributed by atoms with Crippen molar-refractivity contribution in [2.24, 2.45) is 5.92 Å². The zero-order valence-electron chi connectivity index (χ0n) is 8.73. The molecule has 3 unspecified atom stereocenters. The Morgan fingerprint density at radius 2 is 2.07 bits per heavy atom. The molecule has 0 bridgehead atoms. The zero-order valence-corrected chi connectivity index (χ0v) is 8.73. The van der Waals surface area contributed by atoms with Crippen molar-refractivity contribution in [1.82, 2.24) is 4.90 Å². The lowest BCUT2D eigenvalue weighted by Crippen LogP contribution is -2.42. The van der Waals surface area contributed by atoms with Gasteiger partial charge in [-0.15, -0.1) is 0 Å². The number of aliphatic hydroxyl groups excluding tert-OH is 2. The largest absolute Gasteiger partial charge is 0.396 e. The van der Waals surface area contributed by atoms with Gasteiger partial charge in [-0.05, 0) is 44.6 Å². The van der Waals surface area contributed by atoms with Gasteiger partial charge in [0.15, 0.2) is 0 Å². The van der Waals surface area contributed by atoms with Gasteiger partial charge in [0, 0.05) is 19.2 Å². The van der Waals surface area contributed by atoms with Gasteiger partial charge in [0.2, 0.25) is 0 Å². The molecule has 2 rings (SSSR count). The first-order valence-corrected chi connectivity index (χ1v) is 5.82. The Kier molecular flexibility index (Phi) is 3.42. The molecular formula is C11H21NO2. The Bertz CT molecular complexity index is 186. The van der Waals surface area contributed by atoms with Crippen molar-refractivity contribution in [2.75, 3.05) is 19.7 Å². The van der Waals surface area contributed by atoms with Gasteiger partial charge in [0.25, 0.3) is 0 Å². The minimum absolute atomic E-state index is 0.0745.